The SMILES string of the molecule is COc1ccccc1C1CNC(=O)c2nc(CCc3c(C)noc3C)[nH]c2C1. The molecule has 1 amide bonds. The van der Waals surface area contributed by atoms with Crippen molar-refractivity contribution >= 4 is 5.91 Å². The van der Waals surface area contributed by atoms with E-state index in [1.54, 1.807) is 7.11 Å². The molecule has 1 aliphatic rings. The number of methoxy groups -OCH3 is 1. The van der Waals surface area contributed by atoms with Crippen LogP contribution < -0.4 is 10.1 Å². The number of rotatable bonds is 5. The van der Waals surface area contributed by atoms with Crippen LogP contribution in [0, 0.1) is 13.8 Å². The van der Waals surface area contributed by atoms with Gasteiger partial charge in [0.2, 0.25) is 0 Å². The number of aromatic amines is 1. The molecule has 0 saturated heterocycles. The first kappa shape index (κ1) is 18.3. The molecule has 3 heterocycles. The van der Waals surface area contributed by atoms with Crippen LogP contribution in [-0.4, -0.2) is 34.7 Å². The molecule has 0 spiro atoms. The molecule has 1 aromatic carbocycles. The van der Waals surface area contributed by atoms with Crippen molar-refractivity contribution in [2.24, 2.45) is 0 Å². The van der Waals surface area contributed by atoms with Gasteiger partial charge in [-0.25, -0.2) is 4.98 Å². The number of para-hydroxylation sites is 1. The number of hydrogen-bond acceptors (Lipinski definition) is 5. The fourth-order valence-electron chi connectivity index (χ4n) is 3.86. The third-order valence-corrected chi connectivity index (χ3v) is 5.37. The summed E-state index contributed by atoms with van der Waals surface area (Å²) in [7, 11) is 1.67. The third-order valence-electron chi connectivity index (χ3n) is 5.37. The van der Waals surface area contributed by atoms with Crippen molar-refractivity contribution in [1.29, 1.82) is 0 Å². The predicted molar refractivity (Wildman–Crippen MR) is 104 cm³/mol. The molecule has 3 aromatic rings. The van der Waals surface area contributed by atoms with Crippen LogP contribution >= 0.6 is 0 Å². The summed E-state index contributed by atoms with van der Waals surface area (Å²) in [5.74, 6) is 2.47. The van der Waals surface area contributed by atoms with Crippen molar-refractivity contribution in [3.8, 4) is 5.75 Å². The smallest absolute Gasteiger partial charge is 0.271 e. The minimum absolute atomic E-state index is 0.122. The number of nitrogens with zero attached hydrogens (tertiary/aromatic N) is 2. The molecule has 0 saturated carbocycles. The lowest BCUT2D eigenvalue weighted by atomic mass is 9.93. The predicted octanol–water partition coefficient (Wildman–Crippen LogP) is 2.88. The molecule has 1 unspecified atom stereocenters. The van der Waals surface area contributed by atoms with Gasteiger partial charge in [0.25, 0.3) is 5.91 Å². The molecule has 0 aliphatic carbocycles. The highest BCUT2D eigenvalue weighted by Gasteiger charge is 2.27. The lowest BCUT2D eigenvalue weighted by Gasteiger charge is -2.17. The molecule has 28 heavy (non-hydrogen) atoms. The topological polar surface area (TPSA) is 93.0 Å². The van der Waals surface area contributed by atoms with Gasteiger partial charge in [0, 0.05) is 30.1 Å². The zero-order chi connectivity index (χ0) is 19.7. The Labute approximate surface area is 163 Å². The first-order chi connectivity index (χ1) is 13.6. The summed E-state index contributed by atoms with van der Waals surface area (Å²) in [6.45, 7) is 4.41. The van der Waals surface area contributed by atoms with E-state index in [1.807, 2.05) is 32.0 Å². The lowest BCUT2D eigenvalue weighted by Crippen LogP contribution is -2.26. The highest BCUT2D eigenvalue weighted by molar-refractivity contribution is 5.94. The summed E-state index contributed by atoms with van der Waals surface area (Å²) in [6, 6.07) is 7.94. The second-order valence-electron chi connectivity index (χ2n) is 7.17. The number of hydrogen-bond donors (Lipinski definition) is 2. The Morgan fingerprint density at radius 1 is 1.25 bits per heavy atom. The van der Waals surface area contributed by atoms with Crippen LogP contribution in [0.3, 0.4) is 0 Å². The maximum atomic E-state index is 12.5. The van der Waals surface area contributed by atoms with Crippen molar-refractivity contribution in [3.63, 3.8) is 0 Å². The Balaban J connectivity index is 1.57. The van der Waals surface area contributed by atoms with Crippen LogP contribution in [0.5, 0.6) is 5.75 Å². The lowest BCUT2D eigenvalue weighted by molar-refractivity contribution is 0.0950. The van der Waals surface area contributed by atoms with E-state index in [4.69, 9.17) is 9.26 Å². The van der Waals surface area contributed by atoms with Gasteiger partial charge in [-0.3, -0.25) is 4.79 Å². The molecule has 1 aliphatic heterocycles. The second-order valence-corrected chi connectivity index (χ2v) is 7.17. The van der Waals surface area contributed by atoms with Gasteiger partial charge >= 0.3 is 0 Å². The van der Waals surface area contributed by atoms with Crippen molar-refractivity contribution in [3.05, 3.63) is 64.1 Å². The summed E-state index contributed by atoms with van der Waals surface area (Å²) in [4.78, 5) is 20.5. The fraction of sp³-hybridized carbons (Fsp3) is 0.381. The number of nitrogens with one attached hydrogen (secondary N) is 2. The number of carbonyl (C=O) groups is 1. The van der Waals surface area contributed by atoms with Crippen molar-refractivity contribution in [1.82, 2.24) is 20.4 Å². The Bertz CT molecular complexity index is 986. The first-order valence-electron chi connectivity index (χ1n) is 9.47. The zero-order valence-corrected chi connectivity index (χ0v) is 16.3. The minimum atomic E-state index is -0.132. The van der Waals surface area contributed by atoms with Crippen LogP contribution in [0.4, 0.5) is 0 Å². The minimum Gasteiger partial charge on any atom is -0.496 e. The van der Waals surface area contributed by atoms with Gasteiger partial charge in [-0.15, -0.1) is 0 Å². The van der Waals surface area contributed by atoms with Gasteiger partial charge in [0.1, 0.15) is 23.0 Å². The Morgan fingerprint density at radius 2 is 2.07 bits per heavy atom. The van der Waals surface area contributed by atoms with Gasteiger partial charge in [0.05, 0.1) is 12.8 Å². The normalized spacial score (nSPS) is 16.4. The summed E-state index contributed by atoms with van der Waals surface area (Å²) in [5, 5.41) is 7.00. The zero-order valence-electron chi connectivity index (χ0n) is 16.3. The second kappa shape index (κ2) is 7.50. The van der Waals surface area contributed by atoms with E-state index in [-0.39, 0.29) is 11.8 Å². The average Bonchev–Trinajstić information content (AvgIpc) is 3.21. The number of fused-ring (bicyclic) bond motifs is 1. The number of benzene rings is 1. The molecule has 146 valence electrons. The van der Waals surface area contributed by atoms with Crippen molar-refractivity contribution in [2.45, 2.75) is 39.0 Å². The van der Waals surface area contributed by atoms with E-state index in [9.17, 15) is 4.79 Å². The maximum absolute atomic E-state index is 12.5. The van der Waals surface area contributed by atoms with Gasteiger partial charge in [-0.05, 0) is 38.3 Å². The van der Waals surface area contributed by atoms with Crippen LogP contribution in [0.2, 0.25) is 0 Å². The number of imidazole rings is 1. The number of aryl methyl sites for hydroxylation is 3. The highest BCUT2D eigenvalue weighted by atomic mass is 16.5. The molecule has 0 fully saturated rings. The quantitative estimate of drug-likeness (QED) is 0.710. The molecule has 7 heteroatoms. The molecule has 7 nitrogen and oxygen atoms in total. The molecule has 2 N–H and O–H groups in total. The van der Waals surface area contributed by atoms with E-state index >= 15 is 0 Å². The molecule has 4 rings (SSSR count). The van der Waals surface area contributed by atoms with E-state index in [1.165, 1.54) is 0 Å². The van der Waals surface area contributed by atoms with E-state index < -0.39 is 0 Å². The fourth-order valence-corrected chi connectivity index (χ4v) is 3.86. The molecule has 1 atom stereocenters. The largest absolute Gasteiger partial charge is 0.496 e. The van der Waals surface area contributed by atoms with Crippen molar-refractivity contribution < 1.29 is 14.1 Å². The standard InChI is InChI=1S/C21H24N4O3/c1-12-15(13(2)28-25-12)8-9-19-23-17-10-14(11-22-21(26)20(17)24-19)16-6-4-5-7-18(16)27-3/h4-7,14H,8-11H2,1-3H3,(H,22,26)(H,23,24). The molecular weight excluding hydrogens is 356 g/mol. The first-order valence-corrected chi connectivity index (χ1v) is 9.47. The van der Waals surface area contributed by atoms with Crippen molar-refractivity contribution in [2.75, 3.05) is 13.7 Å². The van der Waals surface area contributed by atoms with Crippen LogP contribution in [0.25, 0.3) is 0 Å². The van der Waals surface area contributed by atoms with Gasteiger partial charge < -0.3 is 19.6 Å². The molecule has 0 bridgehead atoms. The number of carbonyl (C=O) groups excluding carboxylic acids is 1. The monoisotopic (exact) mass is 380 g/mol. The molecule has 0 radical (unpaired) electrons. The van der Waals surface area contributed by atoms with Crippen LogP contribution in [-0.2, 0) is 19.3 Å². The third kappa shape index (κ3) is 3.40. The summed E-state index contributed by atoms with van der Waals surface area (Å²) >= 11 is 0. The van der Waals surface area contributed by atoms with Gasteiger partial charge in [-0.2, -0.15) is 0 Å². The van der Waals surface area contributed by atoms with E-state index in [0.29, 0.717) is 25.1 Å². The Morgan fingerprint density at radius 3 is 2.82 bits per heavy atom. The maximum Gasteiger partial charge on any atom is 0.271 e. The van der Waals surface area contributed by atoms with Crippen LogP contribution in [0.15, 0.2) is 28.8 Å². The Hall–Kier alpha value is -3.09. The van der Waals surface area contributed by atoms with Gasteiger partial charge in [0.15, 0.2) is 0 Å². The number of amides is 1. The summed E-state index contributed by atoms with van der Waals surface area (Å²) < 4.78 is 10.7. The number of ether oxygens (including phenoxy) is 1. The highest BCUT2D eigenvalue weighted by Crippen LogP contribution is 2.31. The van der Waals surface area contributed by atoms with Gasteiger partial charge in [-0.1, -0.05) is 23.4 Å². The van der Waals surface area contributed by atoms with E-state index in [2.05, 4.69) is 26.5 Å². The van der Waals surface area contributed by atoms with Crippen LogP contribution in [0.1, 0.15) is 50.5 Å². The van der Waals surface area contributed by atoms with E-state index in [0.717, 1.165) is 46.3 Å². The average molecular weight is 380 g/mol. The number of H-pyrrole nitrogens is 1. The molecule has 2 aromatic heterocycles. The number of aromatic nitrogens is 3. The molecular formula is C21H24N4O3. The summed E-state index contributed by atoms with van der Waals surface area (Å²) in [5.41, 5.74) is 4.46. The Kier molecular flexibility index (Phi) is 4.90. The summed E-state index contributed by atoms with van der Waals surface area (Å²) in [6.07, 6.45) is 2.17.